The second-order valence-electron chi connectivity index (χ2n) is 4.09. The van der Waals surface area contributed by atoms with Crippen LogP contribution >= 0.6 is 23.2 Å². The predicted octanol–water partition coefficient (Wildman–Crippen LogP) is 4.52. The Bertz CT molecular complexity index is 533. The van der Waals surface area contributed by atoms with Crippen molar-refractivity contribution in [3.05, 3.63) is 69.0 Å². The van der Waals surface area contributed by atoms with E-state index in [1.807, 2.05) is 6.92 Å². The van der Waals surface area contributed by atoms with Crippen LogP contribution in [0.25, 0.3) is 0 Å². The average Bonchev–Trinajstić information content (AvgIpc) is 2.34. The van der Waals surface area contributed by atoms with Gasteiger partial charge in [-0.1, -0.05) is 40.9 Å². The molecular weight excluding hydrogens is 274 g/mol. The Labute approximate surface area is 115 Å². The van der Waals surface area contributed by atoms with E-state index >= 15 is 0 Å². The lowest BCUT2D eigenvalue weighted by molar-refractivity contribution is 0.215. The van der Waals surface area contributed by atoms with Crippen LogP contribution in [0.3, 0.4) is 0 Å². The zero-order valence-corrected chi connectivity index (χ0v) is 11.1. The number of aliphatic hydroxyl groups is 1. The van der Waals surface area contributed by atoms with Crippen LogP contribution in [0.1, 0.15) is 22.8 Å². The highest BCUT2D eigenvalue weighted by Gasteiger charge is 2.18. The average molecular weight is 285 g/mol. The molecule has 0 amide bonds. The zero-order chi connectivity index (χ0) is 13.3. The van der Waals surface area contributed by atoms with Gasteiger partial charge >= 0.3 is 0 Å². The van der Waals surface area contributed by atoms with E-state index in [1.54, 1.807) is 24.3 Å². The van der Waals surface area contributed by atoms with Gasteiger partial charge in [-0.2, -0.15) is 0 Å². The Balaban J connectivity index is 2.50. The Hall–Kier alpha value is -1.09. The summed E-state index contributed by atoms with van der Waals surface area (Å²) in [6.07, 6.45) is -1.13. The van der Waals surface area contributed by atoms with Crippen molar-refractivity contribution in [2.75, 3.05) is 0 Å². The lowest BCUT2D eigenvalue weighted by atomic mass is 9.99. The molecule has 18 heavy (non-hydrogen) atoms. The van der Waals surface area contributed by atoms with Crippen molar-refractivity contribution in [1.29, 1.82) is 0 Å². The third-order valence-corrected chi connectivity index (χ3v) is 3.28. The fraction of sp³-hybridized carbons (Fsp3) is 0.143. The highest BCUT2D eigenvalue weighted by Crippen LogP contribution is 2.32. The third-order valence-electron chi connectivity index (χ3n) is 2.70. The van der Waals surface area contributed by atoms with Crippen molar-refractivity contribution in [3.63, 3.8) is 0 Å². The molecule has 0 aliphatic rings. The maximum atomic E-state index is 13.7. The molecule has 1 atom stereocenters. The molecule has 0 heterocycles. The van der Waals surface area contributed by atoms with E-state index < -0.39 is 11.9 Å². The van der Waals surface area contributed by atoms with Gasteiger partial charge in [0.2, 0.25) is 0 Å². The summed E-state index contributed by atoms with van der Waals surface area (Å²) in [5.74, 6) is -0.468. The second kappa shape index (κ2) is 5.27. The molecule has 2 rings (SSSR count). The first kappa shape index (κ1) is 13.3. The standard InChI is InChI=1S/C14H11Cl2FO/c1-8-2-5-13(17)11(6-8)14(18)10-7-9(15)3-4-12(10)16/h2-7,14,18H,1H3. The predicted molar refractivity (Wildman–Crippen MR) is 71.7 cm³/mol. The molecule has 0 bridgehead atoms. The van der Waals surface area contributed by atoms with Gasteiger partial charge in [-0.15, -0.1) is 0 Å². The highest BCUT2D eigenvalue weighted by atomic mass is 35.5. The molecule has 1 N–H and O–H groups in total. The van der Waals surface area contributed by atoms with Gasteiger partial charge < -0.3 is 5.11 Å². The molecule has 0 aliphatic heterocycles. The fourth-order valence-corrected chi connectivity index (χ4v) is 2.17. The maximum Gasteiger partial charge on any atom is 0.129 e. The van der Waals surface area contributed by atoms with Crippen LogP contribution in [0.2, 0.25) is 10.0 Å². The molecule has 1 nitrogen and oxygen atoms in total. The van der Waals surface area contributed by atoms with Crippen LogP contribution in [-0.2, 0) is 0 Å². The van der Waals surface area contributed by atoms with Gasteiger partial charge in [-0.05, 0) is 31.2 Å². The molecule has 2 aromatic rings. The first-order chi connectivity index (χ1) is 8.49. The van der Waals surface area contributed by atoms with Gasteiger partial charge in [0.25, 0.3) is 0 Å². The van der Waals surface area contributed by atoms with Gasteiger partial charge in [0.05, 0.1) is 0 Å². The molecule has 2 aromatic carbocycles. The molecule has 0 saturated heterocycles. The van der Waals surface area contributed by atoms with Crippen molar-refractivity contribution < 1.29 is 9.50 Å². The Kier molecular flexibility index (Phi) is 3.91. The zero-order valence-electron chi connectivity index (χ0n) is 9.62. The normalized spacial score (nSPS) is 12.5. The molecule has 1 unspecified atom stereocenters. The Morgan fingerprint density at radius 2 is 1.78 bits per heavy atom. The summed E-state index contributed by atoms with van der Waals surface area (Å²) < 4.78 is 13.7. The second-order valence-corrected chi connectivity index (χ2v) is 4.94. The molecule has 4 heteroatoms. The topological polar surface area (TPSA) is 20.2 Å². The SMILES string of the molecule is Cc1ccc(F)c(C(O)c2cc(Cl)ccc2Cl)c1. The number of rotatable bonds is 2. The number of aliphatic hydroxyl groups excluding tert-OH is 1. The summed E-state index contributed by atoms with van der Waals surface area (Å²) in [5.41, 5.74) is 1.46. The largest absolute Gasteiger partial charge is 0.383 e. The van der Waals surface area contributed by atoms with Crippen molar-refractivity contribution in [2.24, 2.45) is 0 Å². The maximum absolute atomic E-state index is 13.7. The van der Waals surface area contributed by atoms with Crippen molar-refractivity contribution in [1.82, 2.24) is 0 Å². The molecule has 94 valence electrons. The molecule has 0 radical (unpaired) electrons. The van der Waals surface area contributed by atoms with E-state index in [-0.39, 0.29) is 5.56 Å². The number of aryl methyl sites for hydroxylation is 1. The fourth-order valence-electron chi connectivity index (χ4n) is 1.76. The van der Waals surface area contributed by atoms with E-state index in [2.05, 4.69) is 0 Å². The summed E-state index contributed by atoms with van der Waals surface area (Å²) in [5, 5.41) is 11.0. The third kappa shape index (κ3) is 2.66. The summed E-state index contributed by atoms with van der Waals surface area (Å²) >= 11 is 11.8. The smallest absolute Gasteiger partial charge is 0.129 e. The molecule has 0 aromatic heterocycles. The highest BCUT2D eigenvalue weighted by molar-refractivity contribution is 6.33. The monoisotopic (exact) mass is 284 g/mol. The minimum absolute atomic E-state index is 0.194. The number of benzene rings is 2. The lowest BCUT2D eigenvalue weighted by Crippen LogP contribution is -2.04. The van der Waals surface area contributed by atoms with Crippen molar-refractivity contribution in [2.45, 2.75) is 13.0 Å². The van der Waals surface area contributed by atoms with Crippen LogP contribution < -0.4 is 0 Å². The number of hydrogen-bond donors (Lipinski definition) is 1. The summed E-state index contributed by atoms with van der Waals surface area (Å²) in [6, 6.07) is 9.30. The molecule has 0 spiro atoms. The van der Waals surface area contributed by atoms with Crippen LogP contribution in [-0.4, -0.2) is 5.11 Å². The summed E-state index contributed by atoms with van der Waals surface area (Å²) in [6.45, 7) is 1.83. The van der Waals surface area contributed by atoms with E-state index in [4.69, 9.17) is 23.2 Å². The number of halogens is 3. The van der Waals surface area contributed by atoms with Gasteiger partial charge in [0.15, 0.2) is 0 Å². The van der Waals surface area contributed by atoms with Crippen LogP contribution in [0.15, 0.2) is 36.4 Å². The number of hydrogen-bond acceptors (Lipinski definition) is 1. The van der Waals surface area contributed by atoms with Crippen molar-refractivity contribution in [3.8, 4) is 0 Å². The Morgan fingerprint density at radius 3 is 2.50 bits per heavy atom. The van der Waals surface area contributed by atoms with E-state index in [9.17, 15) is 9.50 Å². The van der Waals surface area contributed by atoms with E-state index in [1.165, 1.54) is 12.1 Å². The molecule has 0 saturated carbocycles. The minimum Gasteiger partial charge on any atom is -0.383 e. The summed E-state index contributed by atoms with van der Waals surface area (Å²) in [7, 11) is 0. The van der Waals surface area contributed by atoms with E-state index in [0.29, 0.717) is 15.6 Å². The quantitative estimate of drug-likeness (QED) is 0.860. The van der Waals surface area contributed by atoms with Crippen LogP contribution in [0.5, 0.6) is 0 Å². The molecule has 0 aliphatic carbocycles. The summed E-state index contributed by atoms with van der Waals surface area (Å²) in [4.78, 5) is 0. The lowest BCUT2D eigenvalue weighted by Gasteiger charge is -2.15. The van der Waals surface area contributed by atoms with Gasteiger partial charge in [-0.3, -0.25) is 0 Å². The van der Waals surface area contributed by atoms with Crippen LogP contribution in [0.4, 0.5) is 4.39 Å². The first-order valence-corrected chi connectivity index (χ1v) is 6.13. The van der Waals surface area contributed by atoms with E-state index in [0.717, 1.165) is 5.56 Å². The van der Waals surface area contributed by atoms with Crippen molar-refractivity contribution >= 4 is 23.2 Å². The van der Waals surface area contributed by atoms with Gasteiger partial charge in [0.1, 0.15) is 11.9 Å². The minimum atomic E-state index is -1.13. The molecule has 0 fully saturated rings. The van der Waals surface area contributed by atoms with Gasteiger partial charge in [0, 0.05) is 21.2 Å². The van der Waals surface area contributed by atoms with Crippen LogP contribution in [0, 0.1) is 12.7 Å². The first-order valence-electron chi connectivity index (χ1n) is 5.38. The Morgan fingerprint density at radius 1 is 1.06 bits per heavy atom. The van der Waals surface area contributed by atoms with Gasteiger partial charge in [-0.25, -0.2) is 4.39 Å². The molecular formula is C14H11Cl2FO.